The molecule has 0 heterocycles. The summed E-state index contributed by atoms with van der Waals surface area (Å²) in [6.07, 6.45) is 3.35. The first-order chi connectivity index (χ1) is 9.97. The highest BCUT2D eigenvalue weighted by atomic mass is 35.5. The van der Waals surface area contributed by atoms with Gasteiger partial charge < -0.3 is 15.8 Å². The number of nitrogens with one attached hydrogen (secondary N) is 1. The van der Waals surface area contributed by atoms with Crippen LogP contribution in [0, 0.1) is 0 Å². The number of amides is 1. The van der Waals surface area contributed by atoms with Gasteiger partial charge in [0.2, 0.25) is 0 Å². The summed E-state index contributed by atoms with van der Waals surface area (Å²) in [7, 11) is 0. The number of rotatable bonds is 5. The third kappa shape index (κ3) is 4.42. The molecule has 0 bridgehead atoms. The van der Waals surface area contributed by atoms with Crippen LogP contribution in [0.15, 0.2) is 18.2 Å². The molecule has 4 nitrogen and oxygen atoms in total. The standard InChI is InChI=1S/C15H20Cl2N2O2.ClH/c1-10(21-12-6-4-5-11(16)13(12)17)14(20)19-15(9-18)7-2-3-8-15;/h4-6,10H,2-3,7-9,18H2,1H3,(H,19,20);1H. The van der Waals surface area contributed by atoms with Crippen LogP contribution in [0.4, 0.5) is 0 Å². The number of carbonyl (C=O) groups is 1. The van der Waals surface area contributed by atoms with E-state index in [1.165, 1.54) is 0 Å². The number of hydrogen-bond donors (Lipinski definition) is 2. The molecule has 0 aromatic heterocycles. The highest BCUT2D eigenvalue weighted by molar-refractivity contribution is 6.42. The summed E-state index contributed by atoms with van der Waals surface area (Å²) >= 11 is 12.0. The fraction of sp³-hybridized carbons (Fsp3) is 0.533. The molecule has 0 spiro atoms. The molecule has 7 heteroatoms. The Hall–Kier alpha value is -0.680. The van der Waals surface area contributed by atoms with Crippen molar-refractivity contribution in [3.05, 3.63) is 28.2 Å². The summed E-state index contributed by atoms with van der Waals surface area (Å²) in [6.45, 7) is 2.13. The van der Waals surface area contributed by atoms with Crippen molar-refractivity contribution in [2.45, 2.75) is 44.2 Å². The minimum atomic E-state index is -0.662. The number of carbonyl (C=O) groups excluding carboxylic acids is 1. The molecule has 22 heavy (non-hydrogen) atoms. The summed E-state index contributed by atoms with van der Waals surface area (Å²) in [5, 5.41) is 3.74. The van der Waals surface area contributed by atoms with Crippen LogP contribution in [0.1, 0.15) is 32.6 Å². The molecular weight excluding hydrogens is 347 g/mol. The number of benzene rings is 1. The van der Waals surface area contributed by atoms with Crippen LogP contribution in [0.25, 0.3) is 0 Å². The molecule has 1 unspecified atom stereocenters. The van der Waals surface area contributed by atoms with Crippen LogP contribution >= 0.6 is 35.6 Å². The lowest BCUT2D eigenvalue weighted by Crippen LogP contribution is -2.54. The number of ether oxygens (including phenoxy) is 1. The molecule has 1 saturated carbocycles. The van der Waals surface area contributed by atoms with E-state index >= 15 is 0 Å². The van der Waals surface area contributed by atoms with Crippen molar-refractivity contribution in [1.82, 2.24) is 5.32 Å². The molecule has 1 amide bonds. The first-order valence-electron chi connectivity index (χ1n) is 7.10. The van der Waals surface area contributed by atoms with E-state index in [2.05, 4.69) is 5.32 Å². The Balaban J connectivity index is 0.00000242. The summed E-state index contributed by atoms with van der Waals surface area (Å²) < 4.78 is 5.62. The summed E-state index contributed by atoms with van der Waals surface area (Å²) in [5.74, 6) is 0.221. The van der Waals surface area contributed by atoms with Crippen LogP contribution in [0.3, 0.4) is 0 Å². The van der Waals surface area contributed by atoms with E-state index in [0.717, 1.165) is 25.7 Å². The van der Waals surface area contributed by atoms with Gasteiger partial charge in [0, 0.05) is 6.54 Å². The highest BCUT2D eigenvalue weighted by Gasteiger charge is 2.35. The Kier molecular flexibility index (Phi) is 7.26. The van der Waals surface area contributed by atoms with Crippen LogP contribution in [0.5, 0.6) is 5.75 Å². The fourth-order valence-corrected chi connectivity index (χ4v) is 2.95. The Morgan fingerprint density at radius 3 is 2.64 bits per heavy atom. The van der Waals surface area contributed by atoms with Crippen LogP contribution in [-0.2, 0) is 4.79 Å². The molecule has 1 aromatic rings. The summed E-state index contributed by atoms with van der Waals surface area (Å²) in [6, 6.07) is 5.09. The first-order valence-corrected chi connectivity index (χ1v) is 7.86. The van der Waals surface area contributed by atoms with Crippen molar-refractivity contribution in [2.24, 2.45) is 5.73 Å². The van der Waals surface area contributed by atoms with Crippen LogP contribution in [-0.4, -0.2) is 24.1 Å². The molecule has 124 valence electrons. The van der Waals surface area contributed by atoms with Gasteiger partial charge in [-0.25, -0.2) is 0 Å². The monoisotopic (exact) mass is 366 g/mol. The zero-order chi connectivity index (χ0) is 15.5. The van der Waals surface area contributed by atoms with Gasteiger partial charge in [-0.3, -0.25) is 4.79 Å². The Bertz CT molecular complexity index is 520. The van der Waals surface area contributed by atoms with Gasteiger partial charge in [0.25, 0.3) is 5.91 Å². The van der Waals surface area contributed by atoms with Gasteiger partial charge in [-0.15, -0.1) is 12.4 Å². The second-order valence-corrected chi connectivity index (χ2v) is 6.28. The lowest BCUT2D eigenvalue weighted by molar-refractivity contribution is -0.129. The van der Waals surface area contributed by atoms with E-state index < -0.39 is 6.10 Å². The maximum Gasteiger partial charge on any atom is 0.261 e. The van der Waals surface area contributed by atoms with Gasteiger partial charge in [0.15, 0.2) is 6.10 Å². The fourth-order valence-electron chi connectivity index (χ4n) is 2.61. The van der Waals surface area contributed by atoms with E-state index in [0.29, 0.717) is 22.3 Å². The Morgan fingerprint density at radius 2 is 2.05 bits per heavy atom. The van der Waals surface area contributed by atoms with Gasteiger partial charge in [-0.1, -0.05) is 42.1 Å². The summed E-state index contributed by atoms with van der Waals surface area (Å²) in [4.78, 5) is 12.3. The predicted molar refractivity (Wildman–Crippen MR) is 92.2 cm³/mol. The van der Waals surface area contributed by atoms with Crippen molar-refractivity contribution in [3.8, 4) is 5.75 Å². The third-order valence-corrected chi connectivity index (χ3v) is 4.73. The highest BCUT2D eigenvalue weighted by Crippen LogP contribution is 2.32. The molecule has 1 aliphatic rings. The Labute approximate surface area is 147 Å². The van der Waals surface area contributed by atoms with Crippen molar-refractivity contribution >= 4 is 41.5 Å². The van der Waals surface area contributed by atoms with Gasteiger partial charge in [0.1, 0.15) is 10.8 Å². The molecule has 0 aliphatic heterocycles. The van der Waals surface area contributed by atoms with E-state index in [1.54, 1.807) is 25.1 Å². The smallest absolute Gasteiger partial charge is 0.261 e. The molecule has 1 aromatic carbocycles. The average molecular weight is 368 g/mol. The lowest BCUT2D eigenvalue weighted by Gasteiger charge is -2.30. The van der Waals surface area contributed by atoms with Gasteiger partial charge in [0.05, 0.1) is 10.6 Å². The lowest BCUT2D eigenvalue weighted by atomic mass is 9.97. The van der Waals surface area contributed by atoms with Crippen LogP contribution in [0.2, 0.25) is 10.0 Å². The Morgan fingerprint density at radius 1 is 1.41 bits per heavy atom. The number of halogens is 3. The van der Waals surface area contributed by atoms with Gasteiger partial charge >= 0.3 is 0 Å². The van der Waals surface area contributed by atoms with E-state index in [4.69, 9.17) is 33.7 Å². The maximum atomic E-state index is 12.3. The first kappa shape index (κ1) is 19.4. The van der Waals surface area contributed by atoms with Crippen molar-refractivity contribution in [2.75, 3.05) is 6.54 Å². The zero-order valence-electron chi connectivity index (χ0n) is 12.4. The van der Waals surface area contributed by atoms with Crippen molar-refractivity contribution in [3.63, 3.8) is 0 Å². The van der Waals surface area contributed by atoms with E-state index in [-0.39, 0.29) is 23.9 Å². The van der Waals surface area contributed by atoms with E-state index in [9.17, 15) is 4.79 Å². The largest absolute Gasteiger partial charge is 0.479 e. The predicted octanol–water partition coefficient (Wildman–Crippen LogP) is 3.57. The van der Waals surface area contributed by atoms with Gasteiger partial charge in [-0.2, -0.15) is 0 Å². The van der Waals surface area contributed by atoms with Gasteiger partial charge in [-0.05, 0) is 31.9 Å². The average Bonchev–Trinajstić information content (AvgIpc) is 2.93. The molecule has 0 radical (unpaired) electrons. The molecule has 1 atom stereocenters. The topological polar surface area (TPSA) is 64.3 Å². The summed E-state index contributed by atoms with van der Waals surface area (Å²) in [5.41, 5.74) is 5.53. The third-order valence-electron chi connectivity index (χ3n) is 3.93. The molecular formula is C15H21Cl3N2O2. The van der Waals surface area contributed by atoms with Crippen molar-refractivity contribution < 1.29 is 9.53 Å². The molecule has 0 saturated heterocycles. The zero-order valence-corrected chi connectivity index (χ0v) is 14.7. The minimum absolute atomic E-state index is 0. The quantitative estimate of drug-likeness (QED) is 0.836. The SMILES string of the molecule is CC(Oc1cccc(Cl)c1Cl)C(=O)NC1(CN)CCCC1.Cl. The molecule has 2 rings (SSSR count). The second-order valence-electron chi connectivity index (χ2n) is 5.49. The van der Waals surface area contributed by atoms with E-state index in [1.807, 2.05) is 0 Å². The molecule has 3 N–H and O–H groups in total. The normalized spacial score (nSPS) is 17.5. The maximum absolute atomic E-state index is 12.3. The number of nitrogens with two attached hydrogens (primary N) is 1. The number of hydrogen-bond acceptors (Lipinski definition) is 3. The molecule has 1 fully saturated rings. The molecule has 1 aliphatic carbocycles. The minimum Gasteiger partial charge on any atom is -0.479 e. The second kappa shape index (κ2) is 8.25. The van der Waals surface area contributed by atoms with Crippen molar-refractivity contribution in [1.29, 1.82) is 0 Å². The van der Waals surface area contributed by atoms with Crippen LogP contribution < -0.4 is 15.8 Å².